The highest BCUT2D eigenvalue weighted by molar-refractivity contribution is 5.94. The van der Waals surface area contributed by atoms with E-state index in [0.29, 0.717) is 6.61 Å². The van der Waals surface area contributed by atoms with Crippen LogP contribution in [0.15, 0.2) is 78.9 Å². The molecule has 2 heterocycles. The van der Waals surface area contributed by atoms with Crippen LogP contribution < -0.4 is 4.90 Å². The lowest BCUT2D eigenvalue weighted by Crippen LogP contribution is -2.35. The Morgan fingerprint density at radius 3 is 2.46 bits per heavy atom. The Labute approximate surface area is 141 Å². The van der Waals surface area contributed by atoms with Gasteiger partial charge in [-0.25, -0.2) is 0 Å². The van der Waals surface area contributed by atoms with Crippen molar-refractivity contribution < 1.29 is 4.74 Å². The summed E-state index contributed by atoms with van der Waals surface area (Å²) in [5, 5.41) is 0. The average Bonchev–Trinajstić information content (AvgIpc) is 2.67. The number of anilines is 1. The van der Waals surface area contributed by atoms with Crippen molar-refractivity contribution in [1.29, 1.82) is 0 Å². The average molecular weight is 311 g/mol. The lowest BCUT2D eigenvalue weighted by Gasteiger charge is -2.43. The molecule has 0 radical (unpaired) electrons. The third-order valence-corrected chi connectivity index (χ3v) is 4.77. The fourth-order valence-corrected chi connectivity index (χ4v) is 3.64. The highest BCUT2D eigenvalue weighted by Gasteiger charge is 2.35. The Morgan fingerprint density at radius 2 is 1.54 bits per heavy atom. The molecule has 0 fully saturated rings. The topological polar surface area (TPSA) is 12.5 Å². The Bertz CT molecular complexity index is 929. The van der Waals surface area contributed by atoms with Crippen molar-refractivity contribution in [1.82, 2.24) is 0 Å². The maximum absolute atomic E-state index is 6.27. The van der Waals surface area contributed by atoms with E-state index >= 15 is 0 Å². The molecule has 2 aliphatic heterocycles. The van der Waals surface area contributed by atoms with Crippen molar-refractivity contribution in [3.05, 3.63) is 101 Å². The van der Waals surface area contributed by atoms with Gasteiger partial charge in [0.15, 0.2) is 6.23 Å². The zero-order valence-corrected chi connectivity index (χ0v) is 13.2. The molecular formula is C22H17NO. The molecule has 0 N–H and O–H groups in total. The molecule has 3 aromatic rings. The summed E-state index contributed by atoms with van der Waals surface area (Å²) in [5.74, 6) is 0. The van der Waals surface area contributed by atoms with E-state index in [1.54, 1.807) is 0 Å². The summed E-state index contributed by atoms with van der Waals surface area (Å²) in [7, 11) is 0. The molecule has 0 unspecified atom stereocenters. The number of ether oxygens (including phenoxy) is 1. The zero-order chi connectivity index (χ0) is 15.9. The van der Waals surface area contributed by atoms with Crippen LogP contribution in [-0.2, 0) is 11.3 Å². The lowest BCUT2D eigenvalue weighted by atomic mass is 9.94. The molecule has 0 spiro atoms. The zero-order valence-electron chi connectivity index (χ0n) is 13.2. The van der Waals surface area contributed by atoms with Gasteiger partial charge in [0.05, 0.1) is 12.3 Å². The Morgan fingerprint density at radius 1 is 0.792 bits per heavy atom. The molecule has 0 saturated heterocycles. The van der Waals surface area contributed by atoms with Gasteiger partial charge in [-0.15, -0.1) is 0 Å². The maximum atomic E-state index is 6.27. The first-order valence-corrected chi connectivity index (χ1v) is 8.26. The number of rotatable bonds is 1. The molecule has 1 atom stereocenters. The van der Waals surface area contributed by atoms with Gasteiger partial charge in [0.25, 0.3) is 0 Å². The number of hydrogen-bond donors (Lipinski definition) is 0. The number of hydrogen-bond acceptors (Lipinski definition) is 2. The van der Waals surface area contributed by atoms with Crippen LogP contribution in [-0.4, -0.2) is 0 Å². The largest absolute Gasteiger partial charge is 0.349 e. The second-order valence-electron chi connectivity index (χ2n) is 6.19. The quantitative estimate of drug-likeness (QED) is 0.610. The van der Waals surface area contributed by atoms with Crippen molar-refractivity contribution in [3.8, 4) is 0 Å². The molecule has 0 aliphatic carbocycles. The Hall–Kier alpha value is -2.84. The van der Waals surface area contributed by atoms with Crippen molar-refractivity contribution in [2.24, 2.45) is 0 Å². The van der Waals surface area contributed by atoms with Crippen LogP contribution in [0.5, 0.6) is 0 Å². The second-order valence-corrected chi connectivity index (χ2v) is 6.19. The summed E-state index contributed by atoms with van der Waals surface area (Å²) in [6.45, 7) is 0.647. The first-order chi connectivity index (χ1) is 11.9. The van der Waals surface area contributed by atoms with Crippen LogP contribution in [0.2, 0.25) is 0 Å². The number of benzene rings is 3. The van der Waals surface area contributed by atoms with Gasteiger partial charge in [-0.2, -0.15) is 0 Å². The molecule has 5 rings (SSSR count). The van der Waals surface area contributed by atoms with Crippen LogP contribution in [0.3, 0.4) is 0 Å². The van der Waals surface area contributed by atoms with Crippen molar-refractivity contribution in [2.75, 3.05) is 4.90 Å². The van der Waals surface area contributed by atoms with E-state index in [4.69, 9.17) is 4.74 Å². The van der Waals surface area contributed by atoms with Crippen LogP contribution in [0.4, 0.5) is 5.69 Å². The standard InChI is InChI=1S/C22H17NO/c1-2-8-16(9-3-1)21-14-17-10-4-6-12-19(17)22-23(21)20-13-7-5-11-18(20)15-24-22/h1-14,22H,15H2/t22-/m1/s1. The molecule has 24 heavy (non-hydrogen) atoms. The van der Waals surface area contributed by atoms with Gasteiger partial charge in [0.1, 0.15) is 0 Å². The van der Waals surface area contributed by atoms with Gasteiger partial charge in [0.2, 0.25) is 0 Å². The highest BCUT2D eigenvalue weighted by atomic mass is 16.5. The minimum atomic E-state index is -0.0729. The van der Waals surface area contributed by atoms with Crippen LogP contribution in [0.25, 0.3) is 11.8 Å². The smallest absolute Gasteiger partial charge is 0.161 e. The van der Waals surface area contributed by atoms with E-state index in [2.05, 4.69) is 89.8 Å². The normalized spacial score (nSPS) is 18.2. The van der Waals surface area contributed by atoms with Crippen molar-refractivity contribution in [3.63, 3.8) is 0 Å². The monoisotopic (exact) mass is 311 g/mol. The van der Waals surface area contributed by atoms with Crippen molar-refractivity contribution in [2.45, 2.75) is 12.8 Å². The molecule has 2 heteroatoms. The first kappa shape index (κ1) is 13.6. The third kappa shape index (κ3) is 2.00. The third-order valence-electron chi connectivity index (χ3n) is 4.77. The highest BCUT2D eigenvalue weighted by Crippen LogP contribution is 2.46. The van der Waals surface area contributed by atoms with Gasteiger partial charge >= 0.3 is 0 Å². The van der Waals surface area contributed by atoms with E-state index in [-0.39, 0.29) is 6.23 Å². The van der Waals surface area contributed by atoms with Crippen LogP contribution in [0.1, 0.15) is 28.5 Å². The van der Waals surface area contributed by atoms with Gasteiger partial charge in [-0.1, -0.05) is 72.8 Å². The van der Waals surface area contributed by atoms with Gasteiger partial charge in [0, 0.05) is 16.8 Å². The summed E-state index contributed by atoms with van der Waals surface area (Å²) >= 11 is 0. The Kier molecular flexibility index (Phi) is 3.03. The Balaban J connectivity index is 1.77. The van der Waals surface area contributed by atoms with Gasteiger partial charge in [-0.3, -0.25) is 0 Å². The number of para-hydroxylation sites is 1. The van der Waals surface area contributed by atoms with E-state index in [1.807, 2.05) is 0 Å². The lowest BCUT2D eigenvalue weighted by molar-refractivity contribution is 0.0344. The van der Waals surface area contributed by atoms with E-state index in [9.17, 15) is 0 Å². The van der Waals surface area contributed by atoms with Crippen LogP contribution >= 0.6 is 0 Å². The minimum absolute atomic E-state index is 0.0729. The van der Waals surface area contributed by atoms with E-state index in [0.717, 1.165) is 0 Å². The molecule has 0 saturated carbocycles. The van der Waals surface area contributed by atoms with E-state index < -0.39 is 0 Å². The number of fused-ring (bicyclic) bond motifs is 5. The maximum Gasteiger partial charge on any atom is 0.161 e. The van der Waals surface area contributed by atoms with Crippen molar-refractivity contribution >= 4 is 17.5 Å². The molecule has 0 aromatic heterocycles. The first-order valence-electron chi connectivity index (χ1n) is 8.26. The molecule has 2 nitrogen and oxygen atoms in total. The fraction of sp³-hybridized carbons (Fsp3) is 0.0909. The summed E-state index contributed by atoms with van der Waals surface area (Å²) in [4.78, 5) is 2.33. The fourth-order valence-electron chi connectivity index (χ4n) is 3.64. The molecule has 116 valence electrons. The summed E-state index contributed by atoms with van der Waals surface area (Å²) < 4.78 is 6.27. The summed E-state index contributed by atoms with van der Waals surface area (Å²) in [5.41, 5.74) is 7.32. The SMILES string of the molecule is C1=C(c2ccccc2)N2c3ccccc3CO[C@@H]2c2ccccc21. The second kappa shape index (κ2) is 5.36. The number of nitrogens with zero attached hydrogens (tertiary/aromatic N) is 1. The molecular weight excluding hydrogens is 294 g/mol. The van der Waals surface area contributed by atoms with E-state index in [1.165, 1.54) is 33.6 Å². The molecule has 0 bridgehead atoms. The predicted octanol–water partition coefficient (Wildman–Crippen LogP) is 5.23. The predicted molar refractivity (Wildman–Crippen MR) is 97.2 cm³/mol. The molecule has 0 amide bonds. The molecule has 3 aromatic carbocycles. The van der Waals surface area contributed by atoms with Gasteiger partial charge < -0.3 is 9.64 Å². The summed E-state index contributed by atoms with van der Waals surface area (Å²) in [6.07, 6.45) is 2.20. The van der Waals surface area contributed by atoms with Gasteiger partial charge in [-0.05, 0) is 23.3 Å². The minimum Gasteiger partial charge on any atom is -0.349 e. The van der Waals surface area contributed by atoms with Crippen LogP contribution in [0, 0.1) is 0 Å². The molecule has 2 aliphatic rings. The summed E-state index contributed by atoms with van der Waals surface area (Å²) in [6, 6.07) is 27.6.